The summed E-state index contributed by atoms with van der Waals surface area (Å²) in [6.45, 7) is -0.183. The highest BCUT2D eigenvalue weighted by atomic mass is 16.3. The van der Waals surface area contributed by atoms with Crippen molar-refractivity contribution in [1.29, 1.82) is 0 Å². The van der Waals surface area contributed by atoms with E-state index in [2.05, 4.69) is 10.2 Å². The van der Waals surface area contributed by atoms with Crippen molar-refractivity contribution in [3.63, 3.8) is 0 Å². The van der Waals surface area contributed by atoms with Gasteiger partial charge in [-0.05, 0) is 29.8 Å². The maximum absolute atomic E-state index is 12.0. The van der Waals surface area contributed by atoms with Gasteiger partial charge in [-0.3, -0.25) is 14.5 Å². The maximum atomic E-state index is 12.0. The molecule has 0 aliphatic carbocycles. The number of phenolic OH excluding ortho intramolecular Hbond substituents is 1. The van der Waals surface area contributed by atoms with Gasteiger partial charge in [0.15, 0.2) is 0 Å². The van der Waals surface area contributed by atoms with Crippen LogP contribution < -0.4 is 0 Å². The lowest BCUT2D eigenvalue weighted by Gasteiger charge is -2.04. The van der Waals surface area contributed by atoms with Gasteiger partial charge in [-0.25, -0.2) is 0 Å². The van der Waals surface area contributed by atoms with Crippen LogP contribution in [0.3, 0.4) is 0 Å². The molecule has 2 N–H and O–H groups in total. The van der Waals surface area contributed by atoms with Crippen molar-refractivity contribution >= 4 is 22.8 Å². The van der Waals surface area contributed by atoms with Crippen molar-refractivity contribution in [2.75, 3.05) is 7.05 Å². The highest BCUT2D eigenvalue weighted by molar-refractivity contribution is 6.22. The Morgan fingerprint density at radius 1 is 1.00 bits per heavy atom. The van der Waals surface area contributed by atoms with Gasteiger partial charge < -0.3 is 10.2 Å². The molecule has 2 heterocycles. The SMILES string of the molecule is CN1C(=O)c2cc3nn(-c4cc(CO)ccc4O)nc3cc2C1=O. The molecule has 8 heteroatoms. The van der Waals surface area contributed by atoms with E-state index in [0.717, 1.165) is 4.90 Å². The Hall–Kier alpha value is -3.26. The Kier molecular flexibility index (Phi) is 2.91. The molecule has 2 aromatic carbocycles. The fourth-order valence-corrected chi connectivity index (χ4v) is 2.71. The number of carbonyl (C=O) groups excluding carboxylic acids is 2. The zero-order chi connectivity index (χ0) is 17.0. The summed E-state index contributed by atoms with van der Waals surface area (Å²) in [5.41, 5.74) is 2.33. The zero-order valence-electron chi connectivity index (χ0n) is 12.6. The fourth-order valence-electron chi connectivity index (χ4n) is 2.71. The molecule has 8 nitrogen and oxygen atoms in total. The van der Waals surface area contributed by atoms with Gasteiger partial charge in [0, 0.05) is 7.05 Å². The van der Waals surface area contributed by atoms with Gasteiger partial charge >= 0.3 is 0 Å². The lowest BCUT2D eigenvalue weighted by atomic mass is 10.1. The summed E-state index contributed by atoms with van der Waals surface area (Å²) in [6.07, 6.45) is 0. The van der Waals surface area contributed by atoms with Crippen LogP contribution in [-0.2, 0) is 6.61 Å². The van der Waals surface area contributed by atoms with Crippen LogP contribution in [0.15, 0.2) is 30.3 Å². The number of fused-ring (bicyclic) bond motifs is 2. The number of aromatic nitrogens is 3. The van der Waals surface area contributed by atoms with Gasteiger partial charge in [-0.2, -0.15) is 0 Å². The second kappa shape index (κ2) is 4.87. The van der Waals surface area contributed by atoms with E-state index in [1.165, 1.54) is 30.0 Å². The number of hydrogen-bond donors (Lipinski definition) is 2. The van der Waals surface area contributed by atoms with Crippen molar-refractivity contribution < 1.29 is 19.8 Å². The van der Waals surface area contributed by atoms with E-state index in [1.54, 1.807) is 12.1 Å². The van der Waals surface area contributed by atoms with Gasteiger partial charge in [0.1, 0.15) is 22.5 Å². The first-order chi connectivity index (χ1) is 11.5. The third kappa shape index (κ3) is 1.90. The Morgan fingerprint density at radius 2 is 1.58 bits per heavy atom. The minimum atomic E-state index is -0.378. The summed E-state index contributed by atoms with van der Waals surface area (Å²) in [5, 5.41) is 27.7. The zero-order valence-corrected chi connectivity index (χ0v) is 12.6. The molecule has 1 aliphatic heterocycles. The highest BCUT2D eigenvalue weighted by Gasteiger charge is 2.33. The number of hydrogen-bond acceptors (Lipinski definition) is 6. The highest BCUT2D eigenvalue weighted by Crippen LogP contribution is 2.27. The number of phenols is 1. The minimum absolute atomic E-state index is 0.0491. The smallest absolute Gasteiger partial charge is 0.261 e. The summed E-state index contributed by atoms with van der Waals surface area (Å²) in [5.74, 6) is -0.805. The van der Waals surface area contributed by atoms with E-state index in [1.807, 2.05) is 0 Å². The second-order valence-electron chi connectivity index (χ2n) is 5.53. The number of nitrogens with zero attached hydrogens (tertiary/aromatic N) is 4. The molecule has 0 unspecified atom stereocenters. The van der Waals surface area contributed by atoms with Crippen LogP contribution in [0.4, 0.5) is 0 Å². The van der Waals surface area contributed by atoms with Crippen LogP contribution in [0.2, 0.25) is 0 Å². The van der Waals surface area contributed by atoms with Crippen LogP contribution in [0, 0.1) is 0 Å². The lowest BCUT2D eigenvalue weighted by Crippen LogP contribution is -2.24. The average Bonchev–Trinajstić information content (AvgIpc) is 3.09. The summed E-state index contributed by atoms with van der Waals surface area (Å²) >= 11 is 0. The molecule has 24 heavy (non-hydrogen) atoms. The fraction of sp³-hybridized carbons (Fsp3) is 0.125. The summed E-state index contributed by atoms with van der Waals surface area (Å²) in [4.78, 5) is 26.4. The Labute approximate surface area is 135 Å². The van der Waals surface area contributed by atoms with Crippen molar-refractivity contribution in [1.82, 2.24) is 19.9 Å². The monoisotopic (exact) mass is 324 g/mol. The van der Waals surface area contributed by atoms with Gasteiger partial charge in [0.05, 0.1) is 17.7 Å². The van der Waals surface area contributed by atoms with Crippen molar-refractivity contribution in [3.05, 3.63) is 47.0 Å². The number of aliphatic hydroxyl groups excluding tert-OH is 1. The van der Waals surface area contributed by atoms with Crippen LogP contribution in [-0.4, -0.2) is 49.0 Å². The molecule has 120 valence electrons. The maximum Gasteiger partial charge on any atom is 0.261 e. The van der Waals surface area contributed by atoms with Gasteiger partial charge in [0.25, 0.3) is 11.8 Å². The van der Waals surface area contributed by atoms with Crippen LogP contribution in [0.1, 0.15) is 26.3 Å². The van der Waals surface area contributed by atoms with Crippen molar-refractivity contribution in [3.8, 4) is 11.4 Å². The molecular weight excluding hydrogens is 312 g/mol. The lowest BCUT2D eigenvalue weighted by molar-refractivity contribution is 0.0693. The van der Waals surface area contributed by atoms with E-state index in [0.29, 0.717) is 22.3 Å². The molecule has 2 amide bonds. The number of carbonyl (C=O) groups is 2. The Bertz CT molecular complexity index is 971. The van der Waals surface area contributed by atoms with Crippen molar-refractivity contribution in [2.24, 2.45) is 0 Å². The van der Waals surface area contributed by atoms with Gasteiger partial charge in [-0.1, -0.05) is 6.07 Å². The summed E-state index contributed by atoms with van der Waals surface area (Å²) in [7, 11) is 1.43. The second-order valence-corrected chi connectivity index (χ2v) is 5.53. The molecule has 0 spiro atoms. The summed E-state index contributed by atoms with van der Waals surface area (Å²) in [6, 6.07) is 7.63. The molecular formula is C16H12N4O4. The van der Waals surface area contributed by atoms with Gasteiger partial charge in [0.2, 0.25) is 0 Å². The molecule has 0 radical (unpaired) electrons. The third-order valence-corrected chi connectivity index (χ3v) is 4.03. The molecule has 0 atom stereocenters. The number of imide groups is 1. The quantitative estimate of drug-likeness (QED) is 0.676. The summed E-state index contributed by atoms with van der Waals surface area (Å²) < 4.78 is 0. The largest absolute Gasteiger partial charge is 0.506 e. The normalized spacial score (nSPS) is 13.8. The molecule has 0 bridgehead atoms. The van der Waals surface area contributed by atoms with E-state index in [-0.39, 0.29) is 35.3 Å². The predicted octanol–water partition coefficient (Wildman–Crippen LogP) is 0.844. The van der Waals surface area contributed by atoms with E-state index in [9.17, 15) is 19.8 Å². The van der Waals surface area contributed by atoms with Crippen molar-refractivity contribution in [2.45, 2.75) is 6.61 Å². The standard InChI is InChI=1S/C16H12N4O4/c1-19-15(23)9-5-11-12(6-10(9)16(19)24)18-20(17-11)13-4-8(7-21)2-3-14(13)22/h2-6,21-22H,7H2,1H3. The number of aliphatic hydroxyl groups is 1. The van der Waals surface area contributed by atoms with E-state index >= 15 is 0 Å². The first-order valence-electron chi connectivity index (χ1n) is 7.16. The predicted molar refractivity (Wildman–Crippen MR) is 82.9 cm³/mol. The average molecular weight is 324 g/mol. The molecule has 0 saturated heterocycles. The Balaban J connectivity index is 1.90. The number of aromatic hydroxyl groups is 1. The molecule has 1 aromatic heterocycles. The van der Waals surface area contributed by atoms with E-state index < -0.39 is 0 Å². The van der Waals surface area contributed by atoms with E-state index in [4.69, 9.17) is 0 Å². The topological polar surface area (TPSA) is 109 Å². The van der Waals surface area contributed by atoms with Crippen LogP contribution in [0.5, 0.6) is 5.75 Å². The first kappa shape index (κ1) is 14.3. The molecule has 1 aliphatic rings. The molecule has 4 rings (SSSR count). The molecule has 0 fully saturated rings. The Morgan fingerprint density at radius 3 is 2.12 bits per heavy atom. The van der Waals surface area contributed by atoms with Gasteiger partial charge in [-0.15, -0.1) is 15.0 Å². The molecule has 3 aromatic rings. The number of amides is 2. The van der Waals surface area contributed by atoms with Crippen LogP contribution >= 0.6 is 0 Å². The molecule has 0 saturated carbocycles. The van der Waals surface area contributed by atoms with Crippen LogP contribution in [0.25, 0.3) is 16.7 Å². The minimum Gasteiger partial charge on any atom is -0.506 e. The number of benzene rings is 2. The number of rotatable bonds is 2. The first-order valence-corrected chi connectivity index (χ1v) is 7.16. The third-order valence-electron chi connectivity index (χ3n) is 4.03.